The lowest BCUT2D eigenvalue weighted by molar-refractivity contribution is -0.483. The fraction of sp³-hybridized carbons (Fsp3) is 0.750. The maximum absolute atomic E-state index is 11.7. The molecule has 0 bridgehead atoms. The summed E-state index contributed by atoms with van der Waals surface area (Å²) in [5, 5.41) is 51.3. The Morgan fingerprint density at radius 3 is 2.57 bits per heavy atom. The molecule has 37 heavy (non-hydrogen) atoms. The monoisotopic (exact) mass is 546 g/mol. The third-order valence-corrected chi connectivity index (χ3v) is 8.10. The molecule has 4 rings (SSSR count). The zero-order valence-electron chi connectivity index (χ0n) is 21.5. The highest BCUT2D eigenvalue weighted by Gasteiger charge is 2.68. The Labute approximate surface area is 216 Å². The maximum atomic E-state index is 11.7. The van der Waals surface area contributed by atoms with Crippen LogP contribution in [0.3, 0.4) is 0 Å². The summed E-state index contributed by atoms with van der Waals surface area (Å²) in [5.74, 6) is -2.53. The van der Waals surface area contributed by atoms with Crippen molar-refractivity contribution in [3.05, 3.63) is 29.8 Å². The summed E-state index contributed by atoms with van der Waals surface area (Å²) < 4.78 is 34.6. The van der Waals surface area contributed by atoms with Crippen molar-refractivity contribution in [1.29, 1.82) is 0 Å². The van der Waals surface area contributed by atoms with Crippen LogP contribution in [0.5, 0.6) is 5.75 Å². The fourth-order valence-corrected chi connectivity index (χ4v) is 6.28. The second kappa shape index (κ2) is 10.8. The van der Waals surface area contributed by atoms with E-state index in [4.69, 9.17) is 18.7 Å². The lowest BCUT2D eigenvalue weighted by Crippen LogP contribution is -2.80. The van der Waals surface area contributed by atoms with Crippen LogP contribution >= 0.6 is 7.60 Å². The molecule has 1 saturated carbocycles. The predicted molar refractivity (Wildman–Crippen MR) is 132 cm³/mol. The molecular formula is C24H39N2O10P. The number of hydrogen-bond acceptors (Lipinski definition) is 11. The highest BCUT2D eigenvalue weighted by Crippen LogP contribution is 2.47. The molecule has 2 heterocycles. The molecule has 2 saturated heterocycles. The first-order valence-corrected chi connectivity index (χ1v) is 14.6. The van der Waals surface area contributed by atoms with E-state index in [0.717, 1.165) is 12.2 Å². The minimum Gasteiger partial charge on any atom is -0.425 e. The van der Waals surface area contributed by atoms with Gasteiger partial charge in [0.1, 0.15) is 23.6 Å². The van der Waals surface area contributed by atoms with Gasteiger partial charge in [-0.3, -0.25) is 0 Å². The summed E-state index contributed by atoms with van der Waals surface area (Å²) in [6, 6.07) is 5.96. The van der Waals surface area contributed by atoms with Gasteiger partial charge in [0, 0.05) is 32.1 Å². The van der Waals surface area contributed by atoms with E-state index in [1.54, 1.807) is 38.2 Å². The van der Waals surface area contributed by atoms with Crippen molar-refractivity contribution < 1.29 is 48.6 Å². The summed E-state index contributed by atoms with van der Waals surface area (Å²) in [6.45, 7) is 4.83. The zero-order valence-corrected chi connectivity index (χ0v) is 22.4. The number of hydrogen-bond donors (Lipinski definition) is 7. The van der Waals surface area contributed by atoms with Gasteiger partial charge >= 0.3 is 7.60 Å². The van der Waals surface area contributed by atoms with Gasteiger partial charge in [-0.15, -0.1) is 0 Å². The van der Waals surface area contributed by atoms with E-state index in [1.807, 2.05) is 6.92 Å². The van der Waals surface area contributed by atoms with Gasteiger partial charge in [0.2, 0.25) is 12.1 Å². The average molecular weight is 547 g/mol. The minimum absolute atomic E-state index is 0.0212. The van der Waals surface area contributed by atoms with Crippen molar-refractivity contribution >= 4 is 7.60 Å². The molecule has 1 aromatic carbocycles. The molecule has 3 fully saturated rings. The molecule has 1 aromatic rings. The van der Waals surface area contributed by atoms with Gasteiger partial charge in [-0.25, -0.2) is 4.57 Å². The maximum Gasteiger partial charge on any atom is 0.373 e. The van der Waals surface area contributed by atoms with Gasteiger partial charge in [0.05, 0.1) is 24.4 Å². The van der Waals surface area contributed by atoms with Crippen LogP contribution in [0.25, 0.3) is 0 Å². The summed E-state index contributed by atoms with van der Waals surface area (Å²) in [7, 11) is -2.07. The Morgan fingerprint density at radius 1 is 1.19 bits per heavy atom. The Kier molecular flexibility index (Phi) is 8.41. The van der Waals surface area contributed by atoms with Gasteiger partial charge in [0.25, 0.3) is 0 Å². The van der Waals surface area contributed by atoms with Crippen molar-refractivity contribution in [2.45, 2.75) is 87.5 Å². The van der Waals surface area contributed by atoms with E-state index in [9.17, 15) is 29.9 Å². The highest BCUT2D eigenvalue weighted by atomic mass is 31.2. The fourth-order valence-electron chi connectivity index (χ4n) is 5.77. The molecule has 0 aromatic heterocycles. The molecule has 1 aliphatic carbocycles. The molecule has 2 aliphatic heterocycles. The van der Waals surface area contributed by atoms with Crippen molar-refractivity contribution in [3.8, 4) is 5.75 Å². The molecule has 0 spiro atoms. The second-order valence-electron chi connectivity index (χ2n) is 10.4. The zero-order chi connectivity index (χ0) is 27.2. The van der Waals surface area contributed by atoms with Crippen LogP contribution in [0.15, 0.2) is 24.3 Å². The molecule has 13 heteroatoms. The van der Waals surface area contributed by atoms with Gasteiger partial charge in [-0.05, 0) is 38.1 Å². The molecular weight excluding hydrogens is 507 g/mol. The molecule has 0 radical (unpaired) electrons. The normalized spacial score (nSPS) is 43.4. The van der Waals surface area contributed by atoms with Crippen LogP contribution in [0, 0.1) is 5.92 Å². The molecule has 7 N–H and O–H groups in total. The summed E-state index contributed by atoms with van der Waals surface area (Å²) in [5.41, 5.74) is -1.13. The van der Waals surface area contributed by atoms with Crippen molar-refractivity contribution in [2.75, 3.05) is 20.3 Å². The number of likely N-dealkylation sites (N-methyl/N-ethyl adjacent to an activating group) is 1. The number of rotatable bonds is 8. The van der Waals surface area contributed by atoms with E-state index in [2.05, 4.69) is 10.6 Å². The predicted octanol–water partition coefficient (Wildman–Crippen LogP) is -0.342. The second-order valence-corrected chi connectivity index (χ2v) is 12.2. The third kappa shape index (κ3) is 5.61. The quantitative estimate of drug-likeness (QED) is 0.211. The number of aliphatic hydroxyl groups is 4. The van der Waals surface area contributed by atoms with Gasteiger partial charge in [0.15, 0.2) is 0 Å². The van der Waals surface area contributed by atoms with E-state index < -0.39 is 67.8 Å². The lowest BCUT2D eigenvalue weighted by atomic mass is 9.74. The lowest BCUT2D eigenvalue weighted by Gasteiger charge is -2.60. The van der Waals surface area contributed by atoms with E-state index >= 15 is 0 Å². The Morgan fingerprint density at radius 2 is 1.92 bits per heavy atom. The summed E-state index contributed by atoms with van der Waals surface area (Å²) in [6.07, 6.45) is -5.20. The number of nitrogens with one attached hydrogen (secondary N) is 2. The van der Waals surface area contributed by atoms with Crippen LogP contribution in [0.1, 0.15) is 32.3 Å². The minimum atomic E-state index is -3.71. The third-order valence-electron chi connectivity index (χ3n) is 7.55. The first-order valence-electron chi connectivity index (χ1n) is 12.6. The molecule has 0 amide bonds. The van der Waals surface area contributed by atoms with E-state index in [0.29, 0.717) is 6.42 Å². The Bertz CT molecular complexity index is 996. The summed E-state index contributed by atoms with van der Waals surface area (Å²) >= 11 is 0. The Balaban J connectivity index is 1.52. The van der Waals surface area contributed by atoms with Crippen molar-refractivity contribution in [1.82, 2.24) is 10.6 Å². The molecule has 210 valence electrons. The van der Waals surface area contributed by atoms with Crippen molar-refractivity contribution in [2.24, 2.45) is 5.92 Å². The standard InChI is InChI=1S/C24H39N2O10P/c1-5-16-18(27)17(25-3)20-21(19(16)28)34-22-24(30,35-20)23(29,10-13(2)33-22)12-26-11-14-7-6-8-15(9-14)36-37(4,31)32/h6-9,13,16-22,25-30H,5,10-12H2,1-4H3,(H,31,32)/t13-,16-,17+,18+,19+,20-,21-,22+,23-,24-/m1/s1. The van der Waals surface area contributed by atoms with Crippen LogP contribution in [-0.4, -0.2) is 99.8 Å². The van der Waals surface area contributed by atoms with E-state index in [1.165, 1.54) is 0 Å². The Hall–Kier alpha value is -1.15. The first-order chi connectivity index (χ1) is 17.3. The topological polar surface area (TPSA) is 179 Å². The van der Waals surface area contributed by atoms with Gasteiger partial charge < -0.3 is 54.7 Å². The number of aliphatic hydroxyl groups excluding tert-OH is 2. The van der Waals surface area contributed by atoms with Crippen molar-refractivity contribution in [3.63, 3.8) is 0 Å². The first kappa shape index (κ1) is 28.8. The van der Waals surface area contributed by atoms with Crippen LogP contribution in [-0.2, 0) is 25.3 Å². The van der Waals surface area contributed by atoms with Crippen LogP contribution in [0.2, 0.25) is 0 Å². The molecule has 3 aliphatic rings. The summed E-state index contributed by atoms with van der Waals surface area (Å²) in [4.78, 5) is 9.47. The molecule has 12 nitrogen and oxygen atoms in total. The smallest absolute Gasteiger partial charge is 0.373 e. The van der Waals surface area contributed by atoms with E-state index in [-0.39, 0.29) is 25.3 Å². The number of ether oxygens (including phenoxy) is 3. The highest BCUT2D eigenvalue weighted by molar-refractivity contribution is 7.52. The van der Waals surface area contributed by atoms with Gasteiger partial charge in [-0.1, -0.05) is 19.1 Å². The SMILES string of the molecule is CC[C@@H]1[C@H](O)[C@H](NC)[C@H]2O[C@]3(O)[C@H](O[C@@H]2[C@H]1O)O[C@H](C)C[C@@]3(O)CNCc1cccc(OP(C)(=O)O)c1. The molecule has 1 unspecified atom stereocenters. The van der Waals surface area contributed by atoms with Crippen LogP contribution in [0.4, 0.5) is 0 Å². The number of fused-ring (bicyclic) bond motifs is 2. The molecule has 11 atom stereocenters. The average Bonchev–Trinajstić information content (AvgIpc) is 2.79. The van der Waals surface area contributed by atoms with Gasteiger partial charge in [-0.2, -0.15) is 0 Å². The van der Waals surface area contributed by atoms with Crippen LogP contribution < -0.4 is 15.2 Å². The number of benzene rings is 1. The largest absolute Gasteiger partial charge is 0.425 e.